The fraction of sp³-hybridized carbons (Fsp3) is 0.333. The highest BCUT2D eigenvalue weighted by Crippen LogP contribution is 2.23. The van der Waals surface area contributed by atoms with Crippen molar-refractivity contribution in [2.75, 3.05) is 26.8 Å². The largest absolute Gasteiger partial charge is 0.497 e. The minimum Gasteiger partial charge on any atom is -0.497 e. The van der Waals surface area contributed by atoms with Gasteiger partial charge in [-0.25, -0.2) is 0 Å². The maximum atomic E-state index is 12.5. The maximum absolute atomic E-state index is 12.5. The molecule has 0 spiro atoms. The van der Waals surface area contributed by atoms with Crippen molar-refractivity contribution in [1.29, 1.82) is 0 Å². The monoisotopic (exact) mass is 353 g/mol. The van der Waals surface area contributed by atoms with Gasteiger partial charge in [0.05, 0.1) is 20.3 Å². The van der Waals surface area contributed by atoms with Crippen molar-refractivity contribution in [3.8, 4) is 5.75 Å². The van der Waals surface area contributed by atoms with Gasteiger partial charge in [0.25, 0.3) is 0 Å². The molecule has 1 amide bonds. The Bertz CT molecular complexity index is 760. The second-order valence-electron chi connectivity index (χ2n) is 6.27. The van der Waals surface area contributed by atoms with Crippen LogP contribution in [0.5, 0.6) is 5.75 Å². The first kappa shape index (κ1) is 18.1. The van der Waals surface area contributed by atoms with Crippen LogP contribution in [0.25, 0.3) is 0 Å². The molecular formula is C21H23NO4. The first-order chi connectivity index (χ1) is 12.7. The summed E-state index contributed by atoms with van der Waals surface area (Å²) in [5.41, 5.74) is 1.64. The standard InChI is InChI=1S/C21H23NO4/c1-25-18-9-5-8-17(14-18)19(23)10-11-21(24)22-12-13-26-20(15-22)16-6-3-2-4-7-16/h2-9,14,20H,10-13,15H2,1H3. The minimum absolute atomic E-state index is 0.00882. The molecule has 1 saturated heterocycles. The lowest BCUT2D eigenvalue weighted by molar-refractivity contribution is -0.139. The molecule has 3 rings (SSSR count). The van der Waals surface area contributed by atoms with Crippen LogP contribution in [0.15, 0.2) is 54.6 Å². The zero-order valence-corrected chi connectivity index (χ0v) is 14.9. The Balaban J connectivity index is 1.55. The lowest BCUT2D eigenvalue weighted by Crippen LogP contribution is -2.42. The number of Topliss-reactive ketones (excluding diaryl/α,β-unsaturated/α-hetero) is 1. The van der Waals surface area contributed by atoms with Gasteiger partial charge in [0.1, 0.15) is 11.9 Å². The van der Waals surface area contributed by atoms with Gasteiger partial charge in [-0.15, -0.1) is 0 Å². The Hall–Kier alpha value is -2.66. The third-order valence-corrected chi connectivity index (χ3v) is 4.55. The number of rotatable bonds is 6. The number of ether oxygens (including phenoxy) is 2. The Morgan fingerprint density at radius 3 is 2.69 bits per heavy atom. The van der Waals surface area contributed by atoms with Crippen LogP contribution in [0.1, 0.15) is 34.9 Å². The van der Waals surface area contributed by atoms with Crippen LogP contribution >= 0.6 is 0 Å². The molecule has 1 unspecified atom stereocenters. The second kappa shape index (κ2) is 8.63. The number of hydrogen-bond donors (Lipinski definition) is 0. The third kappa shape index (κ3) is 4.49. The Morgan fingerprint density at radius 1 is 1.12 bits per heavy atom. The number of carbonyl (C=O) groups is 2. The van der Waals surface area contributed by atoms with Gasteiger partial charge in [0, 0.05) is 24.9 Å². The van der Waals surface area contributed by atoms with E-state index in [0.29, 0.717) is 31.0 Å². The van der Waals surface area contributed by atoms with E-state index < -0.39 is 0 Å². The lowest BCUT2D eigenvalue weighted by Gasteiger charge is -2.33. The van der Waals surface area contributed by atoms with E-state index in [1.807, 2.05) is 30.3 Å². The molecular weight excluding hydrogens is 330 g/mol. The molecule has 5 heteroatoms. The highest BCUT2D eigenvalue weighted by molar-refractivity contribution is 5.98. The van der Waals surface area contributed by atoms with Crippen molar-refractivity contribution >= 4 is 11.7 Å². The molecule has 136 valence electrons. The van der Waals surface area contributed by atoms with Gasteiger partial charge >= 0.3 is 0 Å². The molecule has 0 N–H and O–H groups in total. The van der Waals surface area contributed by atoms with Crippen molar-refractivity contribution in [3.63, 3.8) is 0 Å². The first-order valence-corrected chi connectivity index (χ1v) is 8.79. The minimum atomic E-state index is -0.108. The van der Waals surface area contributed by atoms with E-state index in [2.05, 4.69) is 0 Å². The highest BCUT2D eigenvalue weighted by atomic mass is 16.5. The van der Waals surface area contributed by atoms with Crippen LogP contribution in [0.3, 0.4) is 0 Å². The molecule has 1 aliphatic rings. The van der Waals surface area contributed by atoms with Gasteiger partial charge in [0.2, 0.25) is 5.91 Å². The summed E-state index contributed by atoms with van der Waals surface area (Å²) in [6.45, 7) is 1.60. The van der Waals surface area contributed by atoms with Gasteiger partial charge in [-0.2, -0.15) is 0 Å². The summed E-state index contributed by atoms with van der Waals surface area (Å²) in [5, 5.41) is 0. The molecule has 0 bridgehead atoms. The average Bonchev–Trinajstić information content (AvgIpc) is 2.72. The van der Waals surface area contributed by atoms with Gasteiger partial charge < -0.3 is 14.4 Å². The van der Waals surface area contributed by atoms with E-state index in [-0.39, 0.29) is 30.6 Å². The Kier molecular flexibility index (Phi) is 6.02. The molecule has 0 radical (unpaired) electrons. The van der Waals surface area contributed by atoms with E-state index in [0.717, 1.165) is 5.56 Å². The summed E-state index contributed by atoms with van der Waals surface area (Å²) in [4.78, 5) is 26.7. The Morgan fingerprint density at radius 2 is 1.92 bits per heavy atom. The number of nitrogens with zero attached hydrogens (tertiary/aromatic N) is 1. The fourth-order valence-corrected chi connectivity index (χ4v) is 3.06. The number of morpholine rings is 1. The van der Waals surface area contributed by atoms with Crippen LogP contribution in [0.4, 0.5) is 0 Å². The van der Waals surface area contributed by atoms with Crippen LogP contribution in [-0.4, -0.2) is 43.4 Å². The van der Waals surface area contributed by atoms with Crippen LogP contribution in [0, 0.1) is 0 Å². The number of methoxy groups -OCH3 is 1. The molecule has 2 aromatic rings. The lowest BCUT2D eigenvalue weighted by atomic mass is 10.0. The van der Waals surface area contributed by atoms with E-state index >= 15 is 0 Å². The predicted molar refractivity (Wildman–Crippen MR) is 98.3 cm³/mol. The molecule has 0 aromatic heterocycles. The fourth-order valence-electron chi connectivity index (χ4n) is 3.06. The summed E-state index contributed by atoms with van der Waals surface area (Å²) in [6.07, 6.45) is 0.291. The highest BCUT2D eigenvalue weighted by Gasteiger charge is 2.25. The zero-order valence-electron chi connectivity index (χ0n) is 14.9. The van der Waals surface area contributed by atoms with Crippen LogP contribution < -0.4 is 4.74 Å². The average molecular weight is 353 g/mol. The summed E-state index contributed by atoms with van der Waals surface area (Å²) < 4.78 is 10.9. The van der Waals surface area contributed by atoms with Crippen molar-refractivity contribution in [3.05, 3.63) is 65.7 Å². The van der Waals surface area contributed by atoms with Crippen LogP contribution in [-0.2, 0) is 9.53 Å². The van der Waals surface area contributed by atoms with Gasteiger partial charge in [-0.1, -0.05) is 42.5 Å². The maximum Gasteiger partial charge on any atom is 0.223 e. The quantitative estimate of drug-likeness (QED) is 0.748. The van der Waals surface area contributed by atoms with E-state index in [4.69, 9.17) is 9.47 Å². The summed E-state index contributed by atoms with van der Waals surface area (Å²) in [5.74, 6) is 0.580. The molecule has 5 nitrogen and oxygen atoms in total. The van der Waals surface area contributed by atoms with Crippen molar-refractivity contribution in [1.82, 2.24) is 4.90 Å². The van der Waals surface area contributed by atoms with E-state index in [9.17, 15) is 9.59 Å². The first-order valence-electron chi connectivity index (χ1n) is 8.79. The SMILES string of the molecule is COc1cccc(C(=O)CCC(=O)N2CCOC(c3ccccc3)C2)c1. The number of benzene rings is 2. The van der Waals surface area contributed by atoms with Crippen molar-refractivity contribution in [2.45, 2.75) is 18.9 Å². The van der Waals surface area contributed by atoms with Crippen molar-refractivity contribution < 1.29 is 19.1 Å². The summed E-state index contributed by atoms with van der Waals surface area (Å²) in [7, 11) is 1.56. The van der Waals surface area contributed by atoms with Gasteiger partial charge in [-0.3, -0.25) is 9.59 Å². The molecule has 2 aromatic carbocycles. The summed E-state index contributed by atoms with van der Waals surface area (Å²) in [6, 6.07) is 16.9. The zero-order chi connectivity index (χ0) is 18.4. The van der Waals surface area contributed by atoms with Gasteiger partial charge in [-0.05, 0) is 17.7 Å². The Labute approximate surface area is 153 Å². The summed E-state index contributed by atoms with van der Waals surface area (Å²) >= 11 is 0. The second-order valence-corrected chi connectivity index (χ2v) is 6.27. The smallest absolute Gasteiger partial charge is 0.223 e. The molecule has 1 fully saturated rings. The molecule has 0 aliphatic carbocycles. The van der Waals surface area contributed by atoms with Gasteiger partial charge in [0.15, 0.2) is 5.78 Å². The van der Waals surface area contributed by atoms with E-state index in [1.165, 1.54) is 0 Å². The molecule has 1 aliphatic heterocycles. The van der Waals surface area contributed by atoms with Crippen LogP contribution in [0.2, 0.25) is 0 Å². The third-order valence-electron chi connectivity index (χ3n) is 4.55. The topological polar surface area (TPSA) is 55.8 Å². The number of hydrogen-bond acceptors (Lipinski definition) is 4. The van der Waals surface area contributed by atoms with E-state index in [1.54, 1.807) is 36.3 Å². The molecule has 0 saturated carbocycles. The number of amides is 1. The predicted octanol–water partition coefficient (Wildman–Crippen LogP) is 3.26. The number of carbonyl (C=O) groups excluding carboxylic acids is 2. The molecule has 26 heavy (non-hydrogen) atoms. The normalized spacial score (nSPS) is 17.0. The van der Waals surface area contributed by atoms with Crippen molar-refractivity contribution in [2.24, 2.45) is 0 Å². The number of ketones is 1. The molecule has 1 atom stereocenters. The molecule has 1 heterocycles.